The molecule has 0 saturated heterocycles. The van der Waals surface area contributed by atoms with Crippen molar-refractivity contribution in [3.63, 3.8) is 0 Å². The van der Waals surface area contributed by atoms with Crippen LogP contribution in [-0.4, -0.2) is 58.5 Å². The number of nitrogens with one attached hydrogen (secondary N) is 1. The number of imidazole rings is 1. The molecule has 4 aromatic rings. The summed E-state index contributed by atoms with van der Waals surface area (Å²) in [7, 11) is 0. The van der Waals surface area contributed by atoms with Gasteiger partial charge in [0.15, 0.2) is 0 Å². The van der Waals surface area contributed by atoms with E-state index >= 15 is 0 Å². The maximum absolute atomic E-state index is 12.1. The van der Waals surface area contributed by atoms with Crippen LogP contribution in [0.4, 0.5) is 5.69 Å². The Morgan fingerprint density at radius 1 is 0.977 bits per heavy atom. The normalized spacial score (nSPS) is 14.6. The Morgan fingerprint density at radius 2 is 1.70 bits per heavy atom. The number of aromatic nitrogens is 2. The maximum Gasteiger partial charge on any atom is 0.219 e. The van der Waals surface area contributed by atoms with E-state index in [0.29, 0.717) is 35.6 Å². The van der Waals surface area contributed by atoms with Crippen molar-refractivity contribution in [1.82, 2.24) is 14.9 Å². The molecular formula is C34H41Cl2N5O3. The molecular weight excluding hydrogens is 597 g/mol. The van der Waals surface area contributed by atoms with Gasteiger partial charge < -0.3 is 30.7 Å². The molecule has 0 radical (unpaired) electrons. The number of anilines is 1. The van der Waals surface area contributed by atoms with Gasteiger partial charge in [0.05, 0.1) is 34.3 Å². The topological polar surface area (TPSA) is 117 Å². The van der Waals surface area contributed by atoms with Crippen molar-refractivity contribution < 1.29 is 15.0 Å². The summed E-state index contributed by atoms with van der Waals surface area (Å²) in [5, 5.41) is 23.6. The molecule has 1 heterocycles. The minimum atomic E-state index is -0.339. The minimum Gasteiger partial charge on any atom is -0.395 e. The fraction of sp³-hybridized carbons (Fsp3) is 0.412. The summed E-state index contributed by atoms with van der Waals surface area (Å²) in [6, 6.07) is 19.6. The third kappa shape index (κ3) is 7.92. The first-order chi connectivity index (χ1) is 21.4. The molecule has 1 aliphatic rings. The van der Waals surface area contributed by atoms with Crippen molar-refractivity contribution in [3.05, 3.63) is 81.8 Å². The van der Waals surface area contributed by atoms with E-state index in [1.807, 2.05) is 41.3 Å². The number of primary amides is 1. The van der Waals surface area contributed by atoms with Crippen molar-refractivity contribution in [2.24, 2.45) is 11.7 Å². The number of halogens is 2. The van der Waals surface area contributed by atoms with E-state index in [2.05, 4.69) is 28.1 Å². The number of fused-ring (bicyclic) bond motifs is 1. The van der Waals surface area contributed by atoms with Gasteiger partial charge in [-0.3, -0.25) is 4.79 Å². The number of nitrogens with two attached hydrogens (primary N) is 1. The molecule has 1 atom stereocenters. The molecule has 5 N–H and O–H groups in total. The number of rotatable bonds is 14. The third-order valence-corrected chi connectivity index (χ3v) is 9.25. The molecule has 8 nitrogen and oxygen atoms in total. The quantitative estimate of drug-likeness (QED) is 0.136. The van der Waals surface area contributed by atoms with E-state index < -0.39 is 0 Å². The van der Waals surface area contributed by atoms with Gasteiger partial charge in [-0.2, -0.15) is 0 Å². The molecule has 1 aliphatic carbocycles. The monoisotopic (exact) mass is 637 g/mol. The lowest BCUT2D eigenvalue weighted by Gasteiger charge is -2.25. The Hall–Kier alpha value is -3.14. The summed E-state index contributed by atoms with van der Waals surface area (Å²) in [4.78, 5) is 19.1. The summed E-state index contributed by atoms with van der Waals surface area (Å²) in [6.45, 7) is 2.24. The average molecular weight is 639 g/mol. The number of carbonyl (C=O) groups excluding carboxylic acids is 1. The van der Waals surface area contributed by atoms with E-state index in [1.165, 1.54) is 32.1 Å². The first-order valence-corrected chi connectivity index (χ1v) is 16.1. The highest BCUT2D eigenvalue weighted by atomic mass is 35.5. The Kier molecular flexibility index (Phi) is 11.2. The van der Waals surface area contributed by atoms with Gasteiger partial charge in [0, 0.05) is 43.3 Å². The number of hydrogen-bond donors (Lipinski definition) is 4. The Balaban J connectivity index is 1.51. The van der Waals surface area contributed by atoms with E-state index in [1.54, 1.807) is 6.07 Å². The van der Waals surface area contributed by atoms with Gasteiger partial charge in [-0.25, -0.2) is 4.98 Å². The predicted octanol–water partition coefficient (Wildman–Crippen LogP) is 5.94. The fourth-order valence-electron chi connectivity index (χ4n) is 6.21. The zero-order chi connectivity index (χ0) is 31.1. The molecule has 44 heavy (non-hydrogen) atoms. The zero-order valence-corrected chi connectivity index (χ0v) is 26.4. The van der Waals surface area contributed by atoms with Crippen LogP contribution in [0.25, 0.3) is 22.4 Å². The van der Waals surface area contributed by atoms with Crippen molar-refractivity contribution in [3.8, 4) is 11.4 Å². The van der Waals surface area contributed by atoms with Gasteiger partial charge in [0.1, 0.15) is 5.82 Å². The highest BCUT2D eigenvalue weighted by molar-refractivity contribution is 6.42. The largest absolute Gasteiger partial charge is 0.395 e. The van der Waals surface area contributed by atoms with E-state index in [-0.39, 0.29) is 31.6 Å². The Morgan fingerprint density at radius 3 is 2.36 bits per heavy atom. The number of nitrogens with zero attached hydrogens (tertiary/aromatic N) is 3. The summed E-state index contributed by atoms with van der Waals surface area (Å²) < 4.78 is 2.16. The van der Waals surface area contributed by atoms with Gasteiger partial charge in [0.2, 0.25) is 5.91 Å². The number of carbonyl (C=O) groups is 1. The predicted molar refractivity (Wildman–Crippen MR) is 178 cm³/mol. The molecule has 234 valence electrons. The molecule has 0 bridgehead atoms. The average Bonchev–Trinajstić information content (AvgIpc) is 3.38. The maximum atomic E-state index is 12.1. The van der Waals surface area contributed by atoms with Crippen LogP contribution in [0.15, 0.2) is 60.7 Å². The molecule has 1 saturated carbocycles. The van der Waals surface area contributed by atoms with Crippen LogP contribution in [0.1, 0.15) is 55.7 Å². The second-order valence-electron chi connectivity index (χ2n) is 11.6. The molecule has 3 aromatic carbocycles. The molecule has 1 unspecified atom stereocenters. The van der Waals surface area contributed by atoms with Gasteiger partial charge in [0.25, 0.3) is 0 Å². The third-order valence-electron chi connectivity index (χ3n) is 8.51. The summed E-state index contributed by atoms with van der Waals surface area (Å²) in [5.74, 6) is 1.06. The molecule has 0 aliphatic heterocycles. The highest BCUT2D eigenvalue weighted by Gasteiger charge is 2.21. The first-order valence-electron chi connectivity index (χ1n) is 15.4. The lowest BCUT2D eigenvalue weighted by Crippen LogP contribution is -2.31. The summed E-state index contributed by atoms with van der Waals surface area (Å²) in [6.07, 6.45) is 6.48. The molecule has 0 spiro atoms. The van der Waals surface area contributed by atoms with Crippen molar-refractivity contribution in [1.29, 1.82) is 0 Å². The van der Waals surface area contributed by atoms with Crippen LogP contribution >= 0.6 is 23.2 Å². The number of aliphatic hydroxyl groups is 2. The van der Waals surface area contributed by atoms with Crippen molar-refractivity contribution in [2.45, 2.75) is 51.1 Å². The standard InChI is InChI=1S/C34H41Cl2N5O3/c35-28-12-6-24(18-29(28)36)22-41-32-13-9-26(30(20-33(37)44)38-21-23-4-2-1-3-5-23)19-31(32)39-34(41)25-7-10-27(11-8-25)40(14-16-42)15-17-43/h6-13,18-19,23,30,38,42-43H,1-5,14-17,20-22H2,(H2,37,44). The van der Waals surface area contributed by atoms with Crippen LogP contribution in [0.5, 0.6) is 0 Å². The van der Waals surface area contributed by atoms with Crippen LogP contribution in [0.2, 0.25) is 10.0 Å². The SMILES string of the molecule is NC(=O)CC(NCC1CCCCC1)c1ccc2c(c1)nc(-c1ccc(N(CCO)CCO)cc1)n2Cc1ccc(Cl)c(Cl)c1. The van der Waals surface area contributed by atoms with Crippen LogP contribution in [0.3, 0.4) is 0 Å². The van der Waals surface area contributed by atoms with Gasteiger partial charge >= 0.3 is 0 Å². The first kappa shape index (κ1) is 32.3. The highest BCUT2D eigenvalue weighted by Crippen LogP contribution is 2.32. The zero-order valence-electron chi connectivity index (χ0n) is 24.9. The van der Waals surface area contributed by atoms with E-state index in [0.717, 1.165) is 45.8 Å². The van der Waals surface area contributed by atoms with Crippen LogP contribution in [-0.2, 0) is 11.3 Å². The van der Waals surface area contributed by atoms with Gasteiger partial charge in [-0.1, -0.05) is 54.6 Å². The Labute approximate surface area is 268 Å². The second-order valence-corrected chi connectivity index (χ2v) is 12.4. The van der Waals surface area contributed by atoms with Gasteiger partial charge in [-0.05, 0) is 85.0 Å². The number of hydrogen-bond acceptors (Lipinski definition) is 6. The van der Waals surface area contributed by atoms with Crippen molar-refractivity contribution >= 4 is 45.8 Å². The molecule has 5 rings (SSSR count). The lowest BCUT2D eigenvalue weighted by atomic mass is 9.89. The number of benzene rings is 3. The van der Waals surface area contributed by atoms with Crippen molar-refractivity contribution in [2.75, 3.05) is 37.7 Å². The number of amides is 1. The summed E-state index contributed by atoms with van der Waals surface area (Å²) in [5.41, 5.74) is 11.2. The summed E-state index contributed by atoms with van der Waals surface area (Å²) >= 11 is 12.6. The van der Waals surface area contributed by atoms with E-state index in [4.69, 9.17) is 33.9 Å². The molecule has 1 aromatic heterocycles. The fourth-order valence-corrected chi connectivity index (χ4v) is 6.53. The minimum absolute atomic E-state index is 0.00417. The lowest BCUT2D eigenvalue weighted by molar-refractivity contribution is -0.118. The van der Waals surface area contributed by atoms with E-state index in [9.17, 15) is 15.0 Å². The molecule has 10 heteroatoms. The second kappa shape index (κ2) is 15.2. The molecule has 1 amide bonds. The smallest absolute Gasteiger partial charge is 0.219 e. The molecule has 1 fully saturated rings. The van der Waals surface area contributed by atoms with Crippen LogP contribution < -0.4 is 16.0 Å². The van der Waals surface area contributed by atoms with Crippen LogP contribution in [0, 0.1) is 5.92 Å². The number of aliphatic hydroxyl groups excluding tert-OH is 2. The Bertz CT molecular complexity index is 1550. The van der Waals surface area contributed by atoms with Gasteiger partial charge in [-0.15, -0.1) is 0 Å².